The number of amides is 1. The van der Waals surface area contributed by atoms with E-state index < -0.39 is 15.9 Å². The predicted octanol–water partition coefficient (Wildman–Crippen LogP) is 3.45. The normalized spacial score (nSPS) is 15.9. The summed E-state index contributed by atoms with van der Waals surface area (Å²) in [6.07, 6.45) is 1.41. The molecule has 1 aliphatic heterocycles. The maximum Gasteiger partial charge on any atom is 0.285 e. The fraction of sp³-hybridized carbons (Fsp3) is 0.250. The van der Waals surface area contributed by atoms with Crippen LogP contribution in [0.4, 0.5) is 5.69 Å². The molecule has 0 saturated heterocycles. The second kappa shape index (κ2) is 7.84. The van der Waals surface area contributed by atoms with E-state index in [0.717, 1.165) is 10.7 Å². The molecule has 6 nitrogen and oxygen atoms in total. The van der Waals surface area contributed by atoms with Crippen LogP contribution in [-0.2, 0) is 14.8 Å². The molecule has 0 saturated carbocycles. The zero-order valence-electron chi connectivity index (χ0n) is 15.3. The number of hydrogen-bond donors (Lipinski definition) is 1. The molecule has 0 aromatic heterocycles. The van der Waals surface area contributed by atoms with Crippen LogP contribution in [0.2, 0.25) is 0 Å². The van der Waals surface area contributed by atoms with Crippen LogP contribution in [-0.4, -0.2) is 32.3 Å². The van der Waals surface area contributed by atoms with Crippen molar-refractivity contribution in [2.45, 2.75) is 19.8 Å². The molecule has 1 aliphatic rings. The molecule has 0 fully saturated rings. The van der Waals surface area contributed by atoms with E-state index >= 15 is 0 Å². The number of ether oxygens (including phenoxy) is 1. The van der Waals surface area contributed by atoms with Gasteiger partial charge < -0.3 is 10.1 Å². The number of rotatable bonds is 7. The van der Waals surface area contributed by atoms with E-state index in [0.29, 0.717) is 23.4 Å². The summed E-state index contributed by atoms with van der Waals surface area (Å²) >= 11 is 0. The monoisotopic (exact) mass is 386 g/mol. The minimum Gasteiger partial charge on any atom is -0.497 e. The fourth-order valence-electron chi connectivity index (χ4n) is 2.91. The summed E-state index contributed by atoms with van der Waals surface area (Å²) < 4.78 is 32.3. The first-order valence-corrected chi connectivity index (χ1v) is 10.2. The standard InChI is InChI=1S/C20H22N2O4S/c1-3-4-14-22-20(23)18(21-16-10-12-17(26-2)13-11-16)19(27(22,24)25)15-8-6-5-7-9-15/h5-13,21H,3-4,14H2,1-2H3. The average molecular weight is 386 g/mol. The Kier molecular flexibility index (Phi) is 5.51. The van der Waals surface area contributed by atoms with Gasteiger partial charge in [0.1, 0.15) is 16.4 Å². The Morgan fingerprint density at radius 2 is 1.70 bits per heavy atom. The van der Waals surface area contributed by atoms with Crippen LogP contribution in [0.5, 0.6) is 5.75 Å². The highest BCUT2D eigenvalue weighted by Crippen LogP contribution is 2.36. The smallest absolute Gasteiger partial charge is 0.285 e. The maximum absolute atomic E-state index is 13.1. The summed E-state index contributed by atoms with van der Waals surface area (Å²) in [7, 11) is -2.34. The molecule has 0 unspecified atom stereocenters. The van der Waals surface area contributed by atoms with Crippen LogP contribution in [0.1, 0.15) is 25.3 Å². The quantitative estimate of drug-likeness (QED) is 0.789. The molecule has 2 aromatic rings. The molecule has 27 heavy (non-hydrogen) atoms. The lowest BCUT2D eigenvalue weighted by Gasteiger charge is -2.16. The molecule has 1 N–H and O–H groups in total. The first kappa shape index (κ1) is 19.0. The zero-order valence-corrected chi connectivity index (χ0v) is 16.1. The Balaban J connectivity index is 2.07. The van der Waals surface area contributed by atoms with E-state index in [1.54, 1.807) is 61.7 Å². The van der Waals surface area contributed by atoms with E-state index in [1.807, 2.05) is 6.92 Å². The van der Waals surface area contributed by atoms with E-state index in [-0.39, 0.29) is 17.1 Å². The van der Waals surface area contributed by atoms with Gasteiger partial charge in [-0.2, -0.15) is 0 Å². The largest absolute Gasteiger partial charge is 0.497 e. The van der Waals surface area contributed by atoms with Crippen LogP contribution in [0.15, 0.2) is 60.3 Å². The van der Waals surface area contributed by atoms with Gasteiger partial charge in [0.05, 0.1) is 7.11 Å². The first-order chi connectivity index (χ1) is 13.0. The summed E-state index contributed by atoms with van der Waals surface area (Å²) in [6.45, 7) is 2.12. The van der Waals surface area contributed by atoms with Crippen molar-refractivity contribution in [2.24, 2.45) is 0 Å². The molecule has 7 heteroatoms. The second-order valence-corrected chi connectivity index (χ2v) is 7.96. The number of sulfonamides is 1. The van der Waals surface area contributed by atoms with Crippen molar-refractivity contribution in [3.63, 3.8) is 0 Å². The van der Waals surface area contributed by atoms with Gasteiger partial charge in [-0.05, 0) is 36.2 Å². The van der Waals surface area contributed by atoms with Gasteiger partial charge in [0.15, 0.2) is 0 Å². The second-order valence-electron chi connectivity index (χ2n) is 6.16. The highest BCUT2D eigenvalue weighted by Gasteiger charge is 2.44. The fourth-order valence-corrected chi connectivity index (χ4v) is 4.63. The van der Waals surface area contributed by atoms with E-state index in [2.05, 4.69) is 5.32 Å². The molecule has 0 radical (unpaired) electrons. The number of carbonyl (C=O) groups excluding carboxylic acids is 1. The molecule has 1 amide bonds. The van der Waals surface area contributed by atoms with Gasteiger partial charge in [-0.1, -0.05) is 43.7 Å². The summed E-state index contributed by atoms with van der Waals surface area (Å²) in [5, 5.41) is 3.01. The van der Waals surface area contributed by atoms with Gasteiger partial charge in [-0.15, -0.1) is 0 Å². The summed E-state index contributed by atoms with van der Waals surface area (Å²) in [5.74, 6) is 0.144. The summed E-state index contributed by atoms with van der Waals surface area (Å²) in [5.41, 5.74) is 1.17. The molecule has 2 aromatic carbocycles. The lowest BCUT2D eigenvalue weighted by Crippen LogP contribution is -2.33. The Labute approximate surface area is 159 Å². The summed E-state index contributed by atoms with van der Waals surface area (Å²) in [6, 6.07) is 15.7. The molecular weight excluding hydrogens is 364 g/mol. The lowest BCUT2D eigenvalue weighted by atomic mass is 10.1. The Morgan fingerprint density at radius 3 is 2.30 bits per heavy atom. The van der Waals surface area contributed by atoms with Gasteiger partial charge in [-0.25, -0.2) is 12.7 Å². The van der Waals surface area contributed by atoms with Crippen molar-refractivity contribution < 1.29 is 17.9 Å². The van der Waals surface area contributed by atoms with Gasteiger partial charge in [-0.3, -0.25) is 4.79 Å². The van der Waals surface area contributed by atoms with Crippen molar-refractivity contribution in [1.82, 2.24) is 4.31 Å². The minimum atomic E-state index is -3.91. The van der Waals surface area contributed by atoms with E-state index in [1.165, 1.54) is 0 Å². The molecule has 0 aliphatic carbocycles. The third kappa shape index (κ3) is 3.68. The van der Waals surface area contributed by atoms with Gasteiger partial charge in [0.25, 0.3) is 15.9 Å². The van der Waals surface area contributed by atoms with E-state index in [4.69, 9.17) is 4.74 Å². The van der Waals surface area contributed by atoms with Crippen LogP contribution in [0.25, 0.3) is 4.91 Å². The highest BCUT2D eigenvalue weighted by atomic mass is 32.2. The highest BCUT2D eigenvalue weighted by molar-refractivity contribution is 7.99. The van der Waals surface area contributed by atoms with Crippen LogP contribution < -0.4 is 10.1 Å². The molecule has 3 rings (SSSR count). The maximum atomic E-state index is 13.1. The number of carbonyl (C=O) groups is 1. The molecule has 0 spiro atoms. The number of nitrogens with one attached hydrogen (secondary N) is 1. The van der Waals surface area contributed by atoms with Gasteiger partial charge in [0.2, 0.25) is 0 Å². The Hall–Kier alpha value is -2.80. The third-order valence-electron chi connectivity index (χ3n) is 4.33. The van der Waals surface area contributed by atoms with Gasteiger partial charge >= 0.3 is 0 Å². The molecule has 142 valence electrons. The Morgan fingerprint density at radius 1 is 1.04 bits per heavy atom. The topological polar surface area (TPSA) is 75.7 Å². The van der Waals surface area contributed by atoms with E-state index in [9.17, 15) is 13.2 Å². The SMILES string of the molecule is CCCCN1C(=O)C(Nc2ccc(OC)cc2)=C(c2ccccc2)S1(=O)=O. The van der Waals surface area contributed by atoms with Crippen molar-refractivity contribution in [3.05, 3.63) is 65.9 Å². The molecule has 0 bridgehead atoms. The van der Waals surface area contributed by atoms with Crippen LogP contribution in [0.3, 0.4) is 0 Å². The van der Waals surface area contributed by atoms with Crippen molar-refractivity contribution >= 4 is 26.5 Å². The predicted molar refractivity (Wildman–Crippen MR) is 106 cm³/mol. The van der Waals surface area contributed by atoms with Crippen molar-refractivity contribution in [3.8, 4) is 5.75 Å². The number of benzene rings is 2. The number of methoxy groups -OCH3 is 1. The summed E-state index contributed by atoms with van der Waals surface area (Å²) in [4.78, 5) is 13.0. The van der Waals surface area contributed by atoms with Crippen LogP contribution >= 0.6 is 0 Å². The minimum absolute atomic E-state index is 0.0139. The number of nitrogens with zero attached hydrogens (tertiary/aromatic N) is 1. The average Bonchev–Trinajstić information content (AvgIpc) is 2.86. The number of unbranched alkanes of at least 4 members (excludes halogenated alkanes) is 1. The lowest BCUT2D eigenvalue weighted by molar-refractivity contribution is -0.122. The van der Waals surface area contributed by atoms with Gasteiger partial charge in [0, 0.05) is 12.2 Å². The molecule has 1 heterocycles. The van der Waals surface area contributed by atoms with Crippen LogP contribution in [0, 0.1) is 0 Å². The zero-order chi connectivity index (χ0) is 19.4. The van der Waals surface area contributed by atoms with Crippen molar-refractivity contribution in [2.75, 3.05) is 19.0 Å². The number of anilines is 1. The molecular formula is C20H22N2O4S. The molecule has 0 atom stereocenters. The Bertz CT molecular complexity index is 951. The number of hydrogen-bond acceptors (Lipinski definition) is 5. The first-order valence-electron chi connectivity index (χ1n) is 8.77. The van der Waals surface area contributed by atoms with Crippen molar-refractivity contribution in [1.29, 1.82) is 0 Å². The third-order valence-corrected chi connectivity index (χ3v) is 6.21.